The molecule has 5 atom stereocenters. The number of carbonyl (C=O) groups excluding carboxylic acids is 2. The van der Waals surface area contributed by atoms with E-state index in [-0.39, 0.29) is 18.3 Å². The number of ether oxygens (including phenoxy) is 2. The number of anilines is 1. The molecule has 4 rings (SSSR count). The van der Waals surface area contributed by atoms with Gasteiger partial charge in [0.25, 0.3) is 0 Å². The van der Waals surface area contributed by atoms with E-state index in [1.165, 1.54) is 35.8 Å². The Labute approximate surface area is 198 Å². The smallest absolute Gasteiger partial charge is 0.406 e. The number of halogens is 4. The van der Waals surface area contributed by atoms with Crippen LogP contribution in [0.4, 0.5) is 23.2 Å². The summed E-state index contributed by atoms with van der Waals surface area (Å²) < 4.78 is 61.0. The van der Waals surface area contributed by atoms with Gasteiger partial charge in [0.05, 0.1) is 24.5 Å². The van der Waals surface area contributed by atoms with Crippen molar-refractivity contribution in [2.24, 2.45) is 11.8 Å². The van der Waals surface area contributed by atoms with Crippen molar-refractivity contribution in [2.75, 3.05) is 24.7 Å². The normalized spacial score (nSPS) is 24.5. The molecule has 2 amide bonds. The van der Waals surface area contributed by atoms with Crippen molar-refractivity contribution < 1.29 is 36.6 Å². The van der Waals surface area contributed by atoms with Gasteiger partial charge < -0.3 is 19.7 Å². The minimum Gasteiger partial charge on any atom is -0.406 e. The third kappa shape index (κ3) is 6.05. The second kappa shape index (κ2) is 10.1. The summed E-state index contributed by atoms with van der Waals surface area (Å²) in [5.41, 5.74) is 0.633. The Kier molecular flexibility index (Phi) is 7.20. The SMILES string of the molecule is C[C@@H]1[C@@H](F)[C@@H]1C(=O)N(C[C@@H](C(=O)N[C@@H]1CCOC1)c1cncnc1)c1ccc(OC(F)(F)F)cc1. The molecule has 35 heavy (non-hydrogen) atoms. The predicted molar refractivity (Wildman–Crippen MR) is 115 cm³/mol. The highest BCUT2D eigenvalue weighted by atomic mass is 19.4. The van der Waals surface area contributed by atoms with E-state index in [0.29, 0.717) is 25.2 Å². The first kappa shape index (κ1) is 24.8. The number of alkyl halides is 4. The third-order valence-corrected chi connectivity index (χ3v) is 6.14. The number of hydrogen-bond acceptors (Lipinski definition) is 6. The molecular formula is C23H24F4N4O4. The zero-order chi connectivity index (χ0) is 25.2. The number of amides is 2. The van der Waals surface area contributed by atoms with Crippen LogP contribution in [-0.2, 0) is 14.3 Å². The molecule has 188 valence electrons. The summed E-state index contributed by atoms with van der Waals surface area (Å²) in [6.45, 7) is 2.27. The van der Waals surface area contributed by atoms with Gasteiger partial charge in [-0.05, 0) is 30.7 Å². The van der Waals surface area contributed by atoms with Crippen LogP contribution in [0, 0.1) is 11.8 Å². The van der Waals surface area contributed by atoms with Gasteiger partial charge in [-0.3, -0.25) is 9.59 Å². The standard InChI is InChI=1S/C23H24F4N4O4/c1-13-19(20(13)24)22(33)31(16-2-4-17(5-3-16)35-23(25,26)27)10-18(14-8-28-12-29-9-14)21(32)30-15-6-7-34-11-15/h2-5,8-9,12-13,15,18-20H,6-7,10-11H2,1H3,(H,30,32)/t13-,15+,18+,19+,20+/m0/s1. The van der Waals surface area contributed by atoms with Crippen LogP contribution in [0.15, 0.2) is 43.0 Å². The van der Waals surface area contributed by atoms with Gasteiger partial charge in [-0.1, -0.05) is 6.92 Å². The quantitative estimate of drug-likeness (QED) is 0.565. The first-order valence-electron chi connectivity index (χ1n) is 11.1. The van der Waals surface area contributed by atoms with E-state index < -0.39 is 47.9 Å². The van der Waals surface area contributed by atoms with Crippen LogP contribution in [0.2, 0.25) is 0 Å². The largest absolute Gasteiger partial charge is 0.573 e. The maximum atomic E-state index is 14.1. The molecule has 0 bridgehead atoms. The Morgan fingerprint density at radius 3 is 2.43 bits per heavy atom. The highest BCUT2D eigenvalue weighted by Gasteiger charge is 2.54. The van der Waals surface area contributed by atoms with Crippen molar-refractivity contribution in [1.29, 1.82) is 0 Å². The van der Waals surface area contributed by atoms with Gasteiger partial charge in [-0.15, -0.1) is 13.2 Å². The molecule has 0 unspecified atom stereocenters. The lowest BCUT2D eigenvalue weighted by Gasteiger charge is -2.28. The average molecular weight is 496 g/mol. The van der Waals surface area contributed by atoms with E-state index in [1.54, 1.807) is 6.92 Å². The second-order valence-electron chi connectivity index (χ2n) is 8.61. The van der Waals surface area contributed by atoms with Gasteiger partial charge in [0.1, 0.15) is 18.2 Å². The molecule has 12 heteroatoms. The van der Waals surface area contributed by atoms with Gasteiger partial charge in [-0.2, -0.15) is 0 Å². The summed E-state index contributed by atoms with van der Waals surface area (Å²) in [6, 6.07) is 4.45. The number of rotatable bonds is 8. The lowest BCUT2D eigenvalue weighted by atomic mass is 9.99. The molecule has 1 N–H and O–H groups in total. The Balaban J connectivity index is 1.62. The lowest BCUT2D eigenvalue weighted by Crippen LogP contribution is -2.44. The Hall–Kier alpha value is -3.28. The molecule has 2 aliphatic rings. The van der Waals surface area contributed by atoms with Crippen LogP contribution in [0.3, 0.4) is 0 Å². The molecule has 2 fully saturated rings. The van der Waals surface area contributed by atoms with Gasteiger partial charge in [0.2, 0.25) is 11.8 Å². The van der Waals surface area contributed by atoms with E-state index in [4.69, 9.17) is 4.74 Å². The minimum atomic E-state index is -4.87. The maximum absolute atomic E-state index is 14.1. The van der Waals surface area contributed by atoms with Crippen LogP contribution < -0.4 is 15.0 Å². The van der Waals surface area contributed by atoms with Crippen molar-refractivity contribution in [1.82, 2.24) is 15.3 Å². The van der Waals surface area contributed by atoms with Crippen LogP contribution >= 0.6 is 0 Å². The fourth-order valence-corrected chi connectivity index (χ4v) is 4.07. The molecule has 8 nitrogen and oxygen atoms in total. The predicted octanol–water partition coefficient (Wildman–Crippen LogP) is 3.00. The Morgan fingerprint density at radius 2 is 1.89 bits per heavy atom. The molecule has 1 aromatic heterocycles. The van der Waals surface area contributed by atoms with Crippen LogP contribution in [-0.4, -0.2) is 60.1 Å². The Morgan fingerprint density at radius 1 is 1.23 bits per heavy atom. The second-order valence-corrected chi connectivity index (χ2v) is 8.61. The fourth-order valence-electron chi connectivity index (χ4n) is 4.07. The zero-order valence-corrected chi connectivity index (χ0v) is 18.7. The van der Waals surface area contributed by atoms with Gasteiger partial charge in [0.15, 0.2) is 0 Å². The third-order valence-electron chi connectivity index (χ3n) is 6.14. The topological polar surface area (TPSA) is 93.7 Å². The molecule has 1 saturated heterocycles. The maximum Gasteiger partial charge on any atom is 0.573 e. The summed E-state index contributed by atoms with van der Waals surface area (Å²) in [6.07, 6.45) is -1.38. The number of nitrogens with one attached hydrogen (secondary N) is 1. The van der Waals surface area contributed by atoms with E-state index in [1.807, 2.05) is 0 Å². The highest BCUT2D eigenvalue weighted by Crippen LogP contribution is 2.44. The first-order chi connectivity index (χ1) is 16.6. The number of benzene rings is 1. The van der Waals surface area contributed by atoms with Crippen LogP contribution in [0.25, 0.3) is 0 Å². The van der Waals surface area contributed by atoms with Gasteiger partial charge >= 0.3 is 6.36 Å². The monoisotopic (exact) mass is 496 g/mol. The lowest BCUT2D eigenvalue weighted by molar-refractivity contribution is -0.274. The summed E-state index contributed by atoms with van der Waals surface area (Å²) >= 11 is 0. The van der Waals surface area contributed by atoms with Crippen molar-refractivity contribution in [3.05, 3.63) is 48.5 Å². The number of hydrogen-bond donors (Lipinski definition) is 1. The van der Waals surface area contributed by atoms with Crippen LogP contribution in [0.1, 0.15) is 24.8 Å². The van der Waals surface area contributed by atoms with Crippen molar-refractivity contribution in [3.63, 3.8) is 0 Å². The number of carbonyl (C=O) groups is 2. The number of nitrogens with zero attached hydrogens (tertiary/aromatic N) is 3. The highest BCUT2D eigenvalue weighted by molar-refractivity contribution is 5.98. The van der Waals surface area contributed by atoms with Gasteiger partial charge in [-0.25, -0.2) is 14.4 Å². The van der Waals surface area contributed by atoms with E-state index in [0.717, 1.165) is 12.1 Å². The molecule has 0 radical (unpaired) electrons. The molecule has 1 aliphatic heterocycles. The molecular weight excluding hydrogens is 472 g/mol. The molecule has 1 aliphatic carbocycles. The van der Waals surface area contributed by atoms with E-state index in [2.05, 4.69) is 20.0 Å². The zero-order valence-electron chi connectivity index (χ0n) is 18.7. The summed E-state index contributed by atoms with van der Waals surface area (Å²) in [4.78, 5) is 35.6. The summed E-state index contributed by atoms with van der Waals surface area (Å²) in [5.74, 6) is -3.75. The van der Waals surface area contributed by atoms with E-state index >= 15 is 0 Å². The molecule has 2 aromatic rings. The van der Waals surface area contributed by atoms with Gasteiger partial charge in [0, 0.05) is 42.7 Å². The first-order valence-corrected chi connectivity index (χ1v) is 11.1. The minimum absolute atomic E-state index is 0.193. The number of aromatic nitrogens is 2. The molecule has 1 saturated carbocycles. The Bertz CT molecular complexity index is 1020. The van der Waals surface area contributed by atoms with E-state index in [9.17, 15) is 27.2 Å². The van der Waals surface area contributed by atoms with Crippen molar-refractivity contribution in [3.8, 4) is 5.75 Å². The van der Waals surface area contributed by atoms with Crippen LogP contribution in [0.5, 0.6) is 5.75 Å². The molecule has 1 aromatic carbocycles. The van der Waals surface area contributed by atoms with Crippen molar-refractivity contribution in [2.45, 2.75) is 37.8 Å². The van der Waals surface area contributed by atoms with Crippen molar-refractivity contribution >= 4 is 17.5 Å². The summed E-state index contributed by atoms with van der Waals surface area (Å²) in [7, 11) is 0. The fraction of sp³-hybridized carbons (Fsp3) is 0.478. The average Bonchev–Trinajstić information content (AvgIpc) is 3.17. The summed E-state index contributed by atoms with van der Waals surface area (Å²) in [5, 5.41) is 2.89. The molecule has 0 spiro atoms. The molecule has 2 heterocycles.